The van der Waals surface area contributed by atoms with Crippen molar-refractivity contribution in [3.63, 3.8) is 0 Å². The van der Waals surface area contributed by atoms with Crippen LogP contribution in [0.25, 0.3) is 0 Å². The molecule has 1 heterocycles. The van der Waals surface area contributed by atoms with Gasteiger partial charge in [0.25, 0.3) is 0 Å². The number of urea groups is 1. The lowest BCUT2D eigenvalue weighted by Crippen LogP contribution is -2.51. The molecular weight excluding hydrogens is 238 g/mol. The van der Waals surface area contributed by atoms with Crippen LogP contribution in [0.5, 0.6) is 0 Å². The van der Waals surface area contributed by atoms with Gasteiger partial charge in [-0.2, -0.15) is 0 Å². The van der Waals surface area contributed by atoms with E-state index in [9.17, 15) is 4.79 Å². The molecule has 0 aromatic heterocycles. The minimum Gasteiger partial charge on any atom is -0.331 e. The van der Waals surface area contributed by atoms with Gasteiger partial charge >= 0.3 is 6.03 Å². The highest BCUT2D eigenvalue weighted by Crippen LogP contribution is 2.11. The molecule has 0 radical (unpaired) electrons. The molecule has 0 bridgehead atoms. The van der Waals surface area contributed by atoms with Crippen LogP contribution in [0.4, 0.5) is 4.79 Å². The first-order valence-electron chi connectivity index (χ1n) is 6.80. The molecule has 0 spiro atoms. The van der Waals surface area contributed by atoms with Crippen molar-refractivity contribution in [3.05, 3.63) is 35.4 Å². The third kappa shape index (κ3) is 3.70. The van der Waals surface area contributed by atoms with Crippen LogP contribution >= 0.6 is 0 Å². The monoisotopic (exact) mass is 261 g/mol. The van der Waals surface area contributed by atoms with E-state index in [1.165, 1.54) is 11.1 Å². The minimum atomic E-state index is 0.121. The predicted molar refractivity (Wildman–Crippen MR) is 77.1 cm³/mol. The first-order valence-corrected chi connectivity index (χ1v) is 6.80. The van der Waals surface area contributed by atoms with Gasteiger partial charge < -0.3 is 9.80 Å². The lowest BCUT2D eigenvalue weighted by molar-refractivity contribution is 0.120. The number of hydrogen-bond donors (Lipinski definition) is 0. The van der Waals surface area contributed by atoms with E-state index in [4.69, 9.17) is 0 Å². The molecule has 4 nitrogen and oxygen atoms in total. The minimum absolute atomic E-state index is 0.121. The Morgan fingerprint density at radius 1 is 1.21 bits per heavy atom. The summed E-state index contributed by atoms with van der Waals surface area (Å²) in [6.07, 6.45) is 0. The maximum atomic E-state index is 11.8. The summed E-state index contributed by atoms with van der Waals surface area (Å²) in [5.74, 6) is 0. The van der Waals surface area contributed by atoms with Gasteiger partial charge in [-0.3, -0.25) is 4.90 Å². The van der Waals surface area contributed by atoms with Crippen molar-refractivity contribution < 1.29 is 4.79 Å². The summed E-state index contributed by atoms with van der Waals surface area (Å²) in [4.78, 5) is 17.8. The van der Waals surface area contributed by atoms with E-state index in [0.717, 1.165) is 32.7 Å². The van der Waals surface area contributed by atoms with E-state index < -0.39 is 0 Å². The zero-order valence-electron chi connectivity index (χ0n) is 12.1. The number of carbonyl (C=O) groups is 1. The van der Waals surface area contributed by atoms with Crippen LogP contribution in [-0.2, 0) is 6.54 Å². The first-order chi connectivity index (χ1) is 9.06. The highest BCUT2D eigenvalue weighted by atomic mass is 16.2. The van der Waals surface area contributed by atoms with Crippen molar-refractivity contribution in [1.29, 1.82) is 0 Å². The van der Waals surface area contributed by atoms with Crippen LogP contribution in [0.15, 0.2) is 24.3 Å². The fraction of sp³-hybridized carbons (Fsp3) is 0.533. The summed E-state index contributed by atoms with van der Waals surface area (Å²) in [7, 11) is 3.61. The van der Waals surface area contributed by atoms with Crippen molar-refractivity contribution in [3.8, 4) is 0 Å². The predicted octanol–water partition coefficient (Wildman–Crippen LogP) is 1.79. The van der Waals surface area contributed by atoms with Gasteiger partial charge in [-0.05, 0) is 12.5 Å². The van der Waals surface area contributed by atoms with Crippen LogP contribution in [0.3, 0.4) is 0 Å². The molecule has 0 saturated carbocycles. The van der Waals surface area contributed by atoms with E-state index in [1.807, 2.05) is 4.90 Å². The van der Waals surface area contributed by atoms with Gasteiger partial charge in [-0.1, -0.05) is 29.8 Å². The molecule has 1 aromatic rings. The SMILES string of the molecule is Cc1cccc(CN2CCN(C(=O)N(C)C)CC2)c1. The highest BCUT2D eigenvalue weighted by molar-refractivity contribution is 5.73. The Morgan fingerprint density at radius 3 is 2.47 bits per heavy atom. The van der Waals surface area contributed by atoms with E-state index in [1.54, 1.807) is 19.0 Å². The summed E-state index contributed by atoms with van der Waals surface area (Å²) in [5, 5.41) is 0. The number of rotatable bonds is 2. The molecule has 19 heavy (non-hydrogen) atoms. The van der Waals surface area contributed by atoms with E-state index in [-0.39, 0.29) is 6.03 Å². The van der Waals surface area contributed by atoms with Crippen LogP contribution in [0.1, 0.15) is 11.1 Å². The molecule has 4 heteroatoms. The molecule has 1 aliphatic heterocycles. The Balaban J connectivity index is 1.85. The summed E-state index contributed by atoms with van der Waals surface area (Å²) >= 11 is 0. The topological polar surface area (TPSA) is 26.8 Å². The maximum absolute atomic E-state index is 11.8. The van der Waals surface area contributed by atoms with Crippen molar-refractivity contribution >= 4 is 6.03 Å². The van der Waals surface area contributed by atoms with Crippen LogP contribution in [0.2, 0.25) is 0 Å². The Hall–Kier alpha value is -1.55. The van der Waals surface area contributed by atoms with Crippen molar-refractivity contribution in [2.75, 3.05) is 40.3 Å². The Labute approximate surface area is 115 Å². The molecule has 0 aliphatic carbocycles. The molecule has 1 aliphatic rings. The Kier molecular flexibility index (Phi) is 4.43. The summed E-state index contributed by atoms with van der Waals surface area (Å²) < 4.78 is 0. The molecule has 0 atom stereocenters. The molecule has 2 amide bonds. The fourth-order valence-electron chi connectivity index (χ4n) is 2.45. The van der Waals surface area contributed by atoms with E-state index in [2.05, 4.69) is 36.1 Å². The number of carbonyl (C=O) groups excluding carboxylic acids is 1. The number of aryl methyl sites for hydroxylation is 1. The molecule has 2 rings (SSSR count). The third-order valence-electron chi connectivity index (χ3n) is 3.51. The van der Waals surface area contributed by atoms with Gasteiger partial charge in [-0.25, -0.2) is 4.79 Å². The first kappa shape index (κ1) is 13.9. The average Bonchev–Trinajstić information content (AvgIpc) is 2.39. The lowest BCUT2D eigenvalue weighted by atomic mass is 10.1. The van der Waals surface area contributed by atoms with Crippen molar-refractivity contribution in [2.45, 2.75) is 13.5 Å². The maximum Gasteiger partial charge on any atom is 0.319 e. The molecule has 1 aromatic carbocycles. The fourth-order valence-corrected chi connectivity index (χ4v) is 2.45. The van der Waals surface area contributed by atoms with Crippen LogP contribution in [0, 0.1) is 6.92 Å². The van der Waals surface area contributed by atoms with E-state index >= 15 is 0 Å². The number of piperazine rings is 1. The number of hydrogen-bond acceptors (Lipinski definition) is 2. The number of amides is 2. The number of benzene rings is 1. The second kappa shape index (κ2) is 6.06. The van der Waals surface area contributed by atoms with Gasteiger partial charge in [0, 0.05) is 46.8 Å². The summed E-state index contributed by atoms with van der Waals surface area (Å²) in [6.45, 7) is 6.65. The molecule has 1 saturated heterocycles. The average molecular weight is 261 g/mol. The van der Waals surface area contributed by atoms with Gasteiger partial charge in [0.1, 0.15) is 0 Å². The van der Waals surface area contributed by atoms with Crippen LogP contribution in [-0.4, -0.2) is 61.0 Å². The zero-order valence-corrected chi connectivity index (χ0v) is 12.1. The largest absolute Gasteiger partial charge is 0.331 e. The normalized spacial score (nSPS) is 16.5. The smallest absolute Gasteiger partial charge is 0.319 e. The lowest BCUT2D eigenvalue weighted by Gasteiger charge is -2.36. The van der Waals surface area contributed by atoms with Gasteiger partial charge in [-0.15, -0.1) is 0 Å². The second-order valence-electron chi connectivity index (χ2n) is 5.43. The van der Waals surface area contributed by atoms with Gasteiger partial charge in [0.15, 0.2) is 0 Å². The van der Waals surface area contributed by atoms with Crippen molar-refractivity contribution in [1.82, 2.24) is 14.7 Å². The van der Waals surface area contributed by atoms with Crippen molar-refractivity contribution in [2.24, 2.45) is 0 Å². The second-order valence-corrected chi connectivity index (χ2v) is 5.43. The Bertz CT molecular complexity index is 437. The van der Waals surface area contributed by atoms with Crippen LogP contribution < -0.4 is 0 Å². The van der Waals surface area contributed by atoms with Gasteiger partial charge in [0.2, 0.25) is 0 Å². The summed E-state index contributed by atoms with van der Waals surface area (Å²) in [6, 6.07) is 8.75. The Morgan fingerprint density at radius 2 is 1.89 bits per heavy atom. The quantitative estimate of drug-likeness (QED) is 0.811. The molecule has 0 N–H and O–H groups in total. The van der Waals surface area contributed by atoms with E-state index in [0.29, 0.717) is 0 Å². The highest BCUT2D eigenvalue weighted by Gasteiger charge is 2.21. The molecular formula is C15H23N3O. The summed E-state index contributed by atoms with van der Waals surface area (Å²) in [5.41, 5.74) is 2.66. The zero-order chi connectivity index (χ0) is 13.8. The standard InChI is InChI=1S/C15H23N3O/c1-13-5-4-6-14(11-13)12-17-7-9-18(10-8-17)15(19)16(2)3/h4-6,11H,7-10,12H2,1-3H3. The molecule has 104 valence electrons. The number of nitrogens with zero attached hydrogens (tertiary/aromatic N) is 3. The molecule has 0 unspecified atom stereocenters. The van der Waals surface area contributed by atoms with Gasteiger partial charge in [0.05, 0.1) is 0 Å². The third-order valence-corrected chi connectivity index (χ3v) is 3.51. The molecule has 1 fully saturated rings.